The first-order valence-corrected chi connectivity index (χ1v) is 6.00. The Morgan fingerprint density at radius 1 is 1.54 bits per heavy atom. The summed E-state index contributed by atoms with van der Waals surface area (Å²) in [5.74, 6) is 1.85. The van der Waals surface area contributed by atoms with Gasteiger partial charge in [-0.05, 0) is 31.1 Å². The fraction of sp³-hybridized carbons (Fsp3) is 0.833. The van der Waals surface area contributed by atoms with Gasteiger partial charge in [0, 0.05) is 5.03 Å². The van der Waals surface area contributed by atoms with E-state index in [2.05, 4.69) is 19.9 Å². The second kappa shape index (κ2) is 5.70. The lowest BCUT2D eigenvalue weighted by molar-refractivity contribution is 0.280. The SMILES string of the molecule is CCCC(CC)C1CC=C(Cl)CC1. The molecule has 0 saturated heterocycles. The highest BCUT2D eigenvalue weighted by Gasteiger charge is 2.20. The van der Waals surface area contributed by atoms with Gasteiger partial charge in [0.15, 0.2) is 0 Å². The van der Waals surface area contributed by atoms with E-state index < -0.39 is 0 Å². The first-order chi connectivity index (χ1) is 6.27. The Morgan fingerprint density at radius 2 is 2.31 bits per heavy atom. The van der Waals surface area contributed by atoms with E-state index in [1.165, 1.54) is 32.1 Å². The van der Waals surface area contributed by atoms with Crippen molar-refractivity contribution in [1.82, 2.24) is 0 Å². The van der Waals surface area contributed by atoms with Gasteiger partial charge < -0.3 is 0 Å². The highest BCUT2D eigenvalue weighted by Crippen LogP contribution is 2.34. The Hall–Kier alpha value is 0.0300. The molecule has 13 heavy (non-hydrogen) atoms. The van der Waals surface area contributed by atoms with Crippen molar-refractivity contribution in [2.24, 2.45) is 11.8 Å². The van der Waals surface area contributed by atoms with E-state index in [9.17, 15) is 0 Å². The molecule has 0 aromatic rings. The first-order valence-electron chi connectivity index (χ1n) is 5.62. The van der Waals surface area contributed by atoms with Gasteiger partial charge in [0.05, 0.1) is 0 Å². The highest BCUT2D eigenvalue weighted by molar-refractivity contribution is 6.29. The molecule has 2 atom stereocenters. The van der Waals surface area contributed by atoms with Gasteiger partial charge in [-0.1, -0.05) is 50.8 Å². The Balaban J connectivity index is 2.42. The van der Waals surface area contributed by atoms with Gasteiger partial charge in [-0.25, -0.2) is 0 Å². The largest absolute Gasteiger partial charge is 0.0895 e. The summed E-state index contributed by atoms with van der Waals surface area (Å²) in [6.45, 7) is 4.61. The third-order valence-electron chi connectivity index (χ3n) is 3.25. The molecule has 1 aliphatic rings. The monoisotopic (exact) mass is 200 g/mol. The van der Waals surface area contributed by atoms with Gasteiger partial charge in [0.25, 0.3) is 0 Å². The molecule has 0 fully saturated rings. The molecule has 0 aromatic carbocycles. The molecule has 0 amide bonds. The van der Waals surface area contributed by atoms with E-state index in [-0.39, 0.29) is 0 Å². The van der Waals surface area contributed by atoms with E-state index >= 15 is 0 Å². The van der Waals surface area contributed by atoms with Crippen molar-refractivity contribution in [3.05, 3.63) is 11.1 Å². The van der Waals surface area contributed by atoms with Crippen LogP contribution in [0.2, 0.25) is 0 Å². The molecular formula is C12H21Cl. The number of hydrogen-bond acceptors (Lipinski definition) is 0. The minimum atomic E-state index is 0.910. The third-order valence-corrected chi connectivity index (χ3v) is 3.59. The summed E-state index contributed by atoms with van der Waals surface area (Å²) < 4.78 is 0. The summed E-state index contributed by atoms with van der Waals surface area (Å²) in [6.07, 6.45) is 9.94. The average Bonchev–Trinajstić information content (AvgIpc) is 2.16. The lowest BCUT2D eigenvalue weighted by Crippen LogP contribution is -2.16. The minimum absolute atomic E-state index is 0.910. The third kappa shape index (κ3) is 3.34. The van der Waals surface area contributed by atoms with Crippen molar-refractivity contribution < 1.29 is 0 Å². The van der Waals surface area contributed by atoms with Crippen LogP contribution in [0.1, 0.15) is 52.4 Å². The maximum absolute atomic E-state index is 5.97. The van der Waals surface area contributed by atoms with Crippen molar-refractivity contribution in [1.29, 1.82) is 0 Å². The van der Waals surface area contributed by atoms with Gasteiger partial charge in [0.1, 0.15) is 0 Å². The quantitative estimate of drug-likeness (QED) is 0.615. The zero-order chi connectivity index (χ0) is 9.68. The summed E-state index contributed by atoms with van der Waals surface area (Å²) >= 11 is 5.97. The summed E-state index contributed by atoms with van der Waals surface area (Å²) in [4.78, 5) is 0. The van der Waals surface area contributed by atoms with E-state index in [0.29, 0.717) is 0 Å². The van der Waals surface area contributed by atoms with Crippen LogP contribution in [0.3, 0.4) is 0 Å². The van der Waals surface area contributed by atoms with Crippen molar-refractivity contribution in [3.63, 3.8) is 0 Å². The molecule has 0 bridgehead atoms. The molecule has 0 nitrogen and oxygen atoms in total. The van der Waals surface area contributed by atoms with Gasteiger partial charge >= 0.3 is 0 Å². The minimum Gasteiger partial charge on any atom is -0.0895 e. The van der Waals surface area contributed by atoms with Crippen molar-refractivity contribution >= 4 is 11.6 Å². The summed E-state index contributed by atoms with van der Waals surface area (Å²) in [7, 11) is 0. The zero-order valence-corrected chi connectivity index (χ0v) is 9.61. The van der Waals surface area contributed by atoms with E-state index in [4.69, 9.17) is 11.6 Å². The van der Waals surface area contributed by atoms with Crippen LogP contribution in [0.4, 0.5) is 0 Å². The van der Waals surface area contributed by atoms with Crippen LogP contribution in [-0.4, -0.2) is 0 Å². The highest BCUT2D eigenvalue weighted by atomic mass is 35.5. The standard InChI is InChI=1S/C12H21Cl/c1-3-5-10(4-2)11-6-8-12(13)9-7-11/h8,10-11H,3-7,9H2,1-2H3. The molecule has 76 valence electrons. The molecule has 1 rings (SSSR count). The lowest BCUT2D eigenvalue weighted by atomic mass is 9.79. The van der Waals surface area contributed by atoms with Crippen LogP contribution in [0.5, 0.6) is 0 Å². The maximum atomic E-state index is 5.97. The van der Waals surface area contributed by atoms with Gasteiger partial charge in [-0.2, -0.15) is 0 Å². The van der Waals surface area contributed by atoms with Gasteiger partial charge in [0.2, 0.25) is 0 Å². The molecule has 0 N–H and O–H groups in total. The predicted octanol–water partition coefficient (Wildman–Crippen LogP) is 4.74. The van der Waals surface area contributed by atoms with E-state index in [1.807, 2.05) is 0 Å². The molecule has 0 saturated carbocycles. The Labute approximate surface area is 87.4 Å². The number of allylic oxidation sites excluding steroid dienone is 2. The normalized spacial score (nSPS) is 25.5. The van der Waals surface area contributed by atoms with Crippen LogP contribution in [0.25, 0.3) is 0 Å². The van der Waals surface area contributed by atoms with Gasteiger partial charge in [-0.15, -0.1) is 0 Å². The molecule has 0 aromatic heterocycles. The zero-order valence-electron chi connectivity index (χ0n) is 8.85. The van der Waals surface area contributed by atoms with Crippen molar-refractivity contribution in [2.45, 2.75) is 52.4 Å². The fourth-order valence-electron chi connectivity index (χ4n) is 2.39. The molecule has 0 radical (unpaired) electrons. The molecule has 1 heteroatoms. The summed E-state index contributed by atoms with van der Waals surface area (Å²) in [6, 6.07) is 0. The Bertz CT molecular complexity index is 172. The van der Waals surface area contributed by atoms with Crippen LogP contribution in [0.15, 0.2) is 11.1 Å². The van der Waals surface area contributed by atoms with Crippen LogP contribution < -0.4 is 0 Å². The number of hydrogen-bond donors (Lipinski definition) is 0. The van der Waals surface area contributed by atoms with E-state index in [1.54, 1.807) is 0 Å². The fourth-order valence-corrected chi connectivity index (χ4v) is 2.59. The molecule has 0 spiro atoms. The molecule has 1 aliphatic carbocycles. The number of halogens is 1. The molecular weight excluding hydrogens is 180 g/mol. The van der Waals surface area contributed by atoms with Crippen LogP contribution in [-0.2, 0) is 0 Å². The lowest BCUT2D eigenvalue weighted by Gasteiger charge is -2.27. The second-order valence-electron chi connectivity index (χ2n) is 4.14. The Kier molecular flexibility index (Phi) is 4.87. The number of rotatable bonds is 4. The topological polar surface area (TPSA) is 0 Å². The molecule has 0 heterocycles. The average molecular weight is 201 g/mol. The first kappa shape index (κ1) is 11.1. The predicted molar refractivity (Wildman–Crippen MR) is 60.0 cm³/mol. The van der Waals surface area contributed by atoms with Crippen LogP contribution in [0, 0.1) is 11.8 Å². The maximum Gasteiger partial charge on any atom is 0.0141 e. The molecule has 2 unspecified atom stereocenters. The molecule has 0 aliphatic heterocycles. The van der Waals surface area contributed by atoms with Crippen molar-refractivity contribution in [2.75, 3.05) is 0 Å². The smallest absolute Gasteiger partial charge is 0.0141 e. The second-order valence-corrected chi connectivity index (χ2v) is 4.63. The summed E-state index contributed by atoms with van der Waals surface area (Å²) in [5.41, 5.74) is 0. The van der Waals surface area contributed by atoms with Crippen LogP contribution >= 0.6 is 11.6 Å². The Morgan fingerprint density at radius 3 is 2.77 bits per heavy atom. The van der Waals surface area contributed by atoms with E-state index in [0.717, 1.165) is 23.3 Å². The van der Waals surface area contributed by atoms with Gasteiger partial charge in [-0.3, -0.25) is 0 Å². The van der Waals surface area contributed by atoms with Crippen molar-refractivity contribution in [3.8, 4) is 0 Å². The summed E-state index contributed by atoms with van der Waals surface area (Å²) in [5, 5.41) is 1.09.